The van der Waals surface area contributed by atoms with Crippen molar-refractivity contribution in [3.05, 3.63) is 35.5 Å². The summed E-state index contributed by atoms with van der Waals surface area (Å²) in [6.45, 7) is 4.35. The standard InChI is InChI=1S/C22H34O4/c1-3-4-9-17(2)16-19(23)14-12-18-13-15-21(24)20(18)10-7-5-6-8-11-22(25)26/h8,11-12,14,17,19,23H,3-7,9-10,13,15-16H2,1-2H3,(H,25,26)/t17-,19+/m0/s1. The zero-order chi connectivity index (χ0) is 19.4. The second-order valence-electron chi connectivity index (χ2n) is 7.32. The second kappa shape index (κ2) is 12.6. The van der Waals surface area contributed by atoms with Crippen LogP contribution in [0.25, 0.3) is 0 Å². The van der Waals surface area contributed by atoms with Gasteiger partial charge in [0.15, 0.2) is 5.78 Å². The largest absolute Gasteiger partial charge is 0.478 e. The first-order valence-electron chi connectivity index (χ1n) is 9.95. The number of hydrogen-bond donors (Lipinski definition) is 2. The Labute approximate surface area is 157 Å². The highest BCUT2D eigenvalue weighted by Gasteiger charge is 2.20. The maximum Gasteiger partial charge on any atom is 0.327 e. The molecule has 1 rings (SSSR count). The molecule has 0 bridgehead atoms. The molecule has 0 saturated carbocycles. The molecule has 0 heterocycles. The zero-order valence-corrected chi connectivity index (χ0v) is 16.2. The van der Waals surface area contributed by atoms with Crippen molar-refractivity contribution in [3.8, 4) is 0 Å². The van der Waals surface area contributed by atoms with Gasteiger partial charge < -0.3 is 10.2 Å². The molecule has 1 aliphatic carbocycles. The van der Waals surface area contributed by atoms with E-state index in [-0.39, 0.29) is 5.78 Å². The molecular formula is C22H34O4. The predicted octanol–water partition coefficient (Wildman–Crippen LogP) is 4.98. The Kier molecular flexibility index (Phi) is 10.9. The first kappa shape index (κ1) is 22.4. The Balaban J connectivity index is 2.47. The highest BCUT2D eigenvalue weighted by molar-refractivity contribution is 5.99. The molecular weight excluding hydrogens is 328 g/mol. The Morgan fingerprint density at radius 2 is 2.00 bits per heavy atom. The zero-order valence-electron chi connectivity index (χ0n) is 16.2. The van der Waals surface area contributed by atoms with Gasteiger partial charge in [0, 0.05) is 12.5 Å². The summed E-state index contributed by atoms with van der Waals surface area (Å²) in [6.07, 6.45) is 15.0. The number of aliphatic hydroxyl groups excluding tert-OH is 1. The number of unbranched alkanes of at least 4 members (excludes halogenated alkanes) is 3. The third-order valence-electron chi connectivity index (χ3n) is 4.87. The Bertz CT molecular complexity index is 542. The fourth-order valence-corrected chi connectivity index (χ4v) is 3.35. The number of rotatable bonds is 13. The Hall–Kier alpha value is -1.68. The molecule has 0 aromatic carbocycles. The fourth-order valence-electron chi connectivity index (χ4n) is 3.35. The van der Waals surface area contributed by atoms with Crippen LogP contribution in [0.2, 0.25) is 0 Å². The van der Waals surface area contributed by atoms with Crippen LogP contribution in [0.5, 0.6) is 0 Å². The number of Topliss-reactive ketones (excluding diaryl/α,β-unsaturated/α-hetero) is 1. The SMILES string of the molecule is CCCC[C@H](C)C[C@H](O)C=CC1=C(CCCCC=CC(=O)O)C(=O)CC1. The minimum atomic E-state index is -0.923. The van der Waals surface area contributed by atoms with Gasteiger partial charge in [0.05, 0.1) is 6.10 Å². The number of hydrogen-bond acceptors (Lipinski definition) is 3. The van der Waals surface area contributed by atoms with E-state index >= 15 is 0 Å². The van der Waals surface area contributed by atoms with Gasteiger partial charge in [0.25, 0.3) is 0 Å². The van der Waals surface area contributed by atoms with Crippen LogP contribution in [0.15, 0.2) is 35.5 Å². The smallest absolute Gasteiger partial charge is 0.327 e. The summed E-state index contributed by atoms with van der Waals surface area (Å²) >= 11 is 0. The molecule has 0 amide bonds. The van der Waals surface area contributed by atoms with E-state index < -0.39 is 12.1 Å². The van der Waals surface area contributed by atoms with Crippen molar-refractivity contribution in [3.63, 3.8) is 0 Å². The van der Waals surface area contributed by atoms with Crippen molar-refractivity contribution in [2.45, 2.75) is 84.2 Å². The maximum atomic E-state index is 12.1. The minimum Gasteiger partial charge on any atom is -0.478 e. The van der Waals surface area contributed by atoms with Crippen molar-refractivity contribution in [1.29, 1.82) is 0 Å². The molecule has 0 unspecified atom stereocenters. The van der Waals surface area contributed by atoms with Crippen LogP contribution in [0.4, 0.5) is 0 Å². The fraction of sp³-hybridized carbons (Fsp3) is 0.636. The number of carbonyl (C=O) groups is 2. The lowest BCUT2D eigenvalue weighted by Gasteiger charge is -2.13. The van der Waals surface area contributed by atoms with E-state index in [9.17, 15) is 14.7 Å². The molecule has 4 nitrogen and oxygen atoms in total. The third-order valence-corrected chi connectivity index (χ3v) is 4.87. The van der Waals surface area contributed by atoms with Crippen molar-refractivity contribution < 1.29 is 19.8 Å². The van der Waals surface area contributed by atoms with Crippen LogP contribution in [-0.4, -0.2) is 28.1 Å². The number of carboxylic acids is 1. The van der Waals surface area contributed by atoms with Crippen LogP contribution in [0, 0.1) is 5.92 Å². The first-order chi connectivity index (χ1) is 12.4. The van der Waals surface area contributed by atoms with Gasteiger partial charge in [-0.2, -0.15) is 0 Å². The van der Waals surface area contributed by atoms with E-state index in [1.54, 1.807) is 6.08 Å². The average molecular weight is 363 g/mol. The quantitative estimate of drug-likeness (QED) is 0.358. The number of allylic oxidation sites excluding steroid dienone is 4. The number of aliphatic carboxylic acids is 1. The minimum absolute atomic E-state index is 0.219. The Morgan fingerprint density at radius 1 is 1.23 bits per heavy atom. The molecule has 0 radical (unpaired) electrons. The van der Waals surface area contributed by atoms with Gasteiger partial charge in [-0.15, -0.1) is 0 Å². The second-order valence-corrected chi connectivity index (χ2v) is 7.32. The molecule has 0 spiro atoms. The van der Waals surface area contributed by atoms with E-state index in [0.29, 0.717) is 18.8 Å². The molecule has 0 aliphatic heterocycles. The summed E-state index contributed by atoms with van der Waals surface area (Å²) in [5, 5.41) is 18.7. The molecule has 0 aromatic heterocycles. The molecule has 4 heteroatoms. The maximum absolute atomic E-state index is 12.1. The molecule has 0 saturated heterocycles. The third kappa shape index (κ3) is 9.14. The topological polar surface area (TPSA) is 74.6 Å². The van der Waals surface area contributed by atoms with Crippen molar-refractivity contribution in [2.24, 2.45) is 5.92 Å². The molecule has 0 aromatic rings. The van der Waals surface area contributed by atoms with Crippen molar-refractivity contribution in [2.75, 3.05) is 0 Å². The number of ketones is 1. The summed E-state index contributed by atoms with van der Waals surface area (Å²) < 4.78 is 0. The number of carboxylic acid groups (broad SMARTS) is 1. The van der Waals surface area contributed by atoms with Gasteiger partial charge in [-0.1, -0.05) is 51.3 Å². The van der Waals surface area contributed by atoms with Gasteiger partial charge in [-0.05, 0) is 55.6 Å². The van der Waals surface area contributed by atoms with Crippen LogP contribution in [-0.2, 0) is 9.59 Å². The molecule has 2 N–H and O–H groups in total. The average Bonchev–Trinajstić information content (AvgIpc) is 2.94. The molecule has 1 aliphatic rings. The number of carbonyl (C=O) groups excluding carboxylic acids is 1. The van der Waals surface area contributed by atoms with Crippen molar-refractivity contribution >= 4 is 11.8 Å². The lowest BCUT2D eigenvalue weighted by Crippen LogP contribution is -2.08. The van der Waals surface area contributed by atoms with Gasteiger partial charge in [0.2, 0.25) is 0 Å². The van der Waals surface area contributed by atoms with Gasteiger partial charge in [-0.3, -0.25) is 4.79 Å². The summed E-state index contributed by atoms with van der Waals surface area (Å²) in [4.78, 5) is 22.5. The summed E-state index contributed by atoms with van der Waals surface area (Å²) in [6, 6.07) is 0. The van der Waals surface area contributed by atoms with E-state index in [1.807, 2.05) is 12.2 Å². The van der Waals surface area contributed by atoms with Crippen molar-refractivity contribution in [1.82, 2.24) is 0 Å². The highest BCUT2D eigenvalue weighted by atomic mass is 16.4. The summed E-state index contributed by atoms with van der Waals surface area (Å²) in [7, 11) is 0. The molecule has 146 valence electrons. The van der Waals surface area contributed by atoms with E-state index in [1.165, 1.54) is 12.8 Å². The van der Waals surface area contributed by atoms with Crippen LogP contribution >= 0.6 is 0 Å². The van der Waals surface area contributed by atoms with E-state index in [4.69, 9.17) is 5.11 Å². The lowest BCUT2D eigenvalue weighted by molar-refractivity contribution is -0.131. The normalized spacial score (nSPS) is 17.6. The number of aliphatic hydroxyl groups is 1. The molecule has 2 atom stereocenters. The van der Waals surface area contributed by atoms with Crippen LogP contribution < -0.4 is 0 Å². The van der Waals surface area contributed by atoms with Gasteiger partial charge in [0.1, 0.15) is 0 Å². The molecule has 26 heavy (non-hydrogen) atoms. The summed E-state index contributed by atoms with van der Waals surface area (Å²) in [5.41, 5.74) is 1.96. The lowest BCUT2D eigenvalue weighted by atomic mass is 9.96. The highest BCUT2D eigenvalue weighted by Crippen LogP contribution is 2.28. The predicted molar refractivity (Wildman–Crippen MR) is 105 cm³/mol. The van der Waals surface area contributed by atoms with E-state index in [2.05, 4.69) is 13.8 Å². The van der Waals surface area contributed by atoms with E-state index in [0.717, 1.165) is 55.7 Å². The molecule has 0 fully saturated rings. The van der Waals surface area contributed by atoms with Gasteiger partial charge >= 0.3 is 5.97 Å². The Morgan fingerprint density at radius 3 is 2.69 bits per heavy atom. The van der Waals surface area contributed by atoms with Crippen LogP contribution in [0.3, 0.4) is 0 Å². The monoisotopic (exact) mass is 362 g/mol. The summed E-state index contributed by atoms with van der Waals surface area (Å²) in [5.74, 6) is -0.197. The first-order valence-corrected chi connectivity index (χ1v) is 9.95. The van der Waals surface area contributed by atoms with Crippen LogP contribution in [0.1, 0.15) is 78.1 Å². The van der Waals surface area contributed by atoms with Gasteiger partial charge in [-0.25, -0.2) is 4.79 Å².